The zero-order valence-corrected chi connectivity index (χ0v) is 11.3. The van der Waals surface area contributed by atoms with Gasteiger partial charge in [-0.2, -0.15) is 0 Å². The Morgan fingerprint density at radius 3 is 2.40 bits per heavy atom. The summed E-state index contributed by atoms with van der Waals surface area (Å²) in [6.07, 6.45) is -0.986. The van der Waals surface area contributed by atoms with Crippen LogP contribution in [0.5, 0.6) is 5.75 Å². The highest BCUT2D eigenvalue weighted by molar-refractivity contribution is 5.31. The van der Waals surface area contributed by atoms with Crippen molar-refractivity contribution in [1.82, 2.24) is 0 Å². The molecule has 0 aromatic heterocycles. The highest BCUT2D eigenvalue weighted by Gasteiger charge is 2.14. The number of rotatable bonds is 9. The highest BCUT2D eigenvalue weighted by atomic mass is 19.1. The number of hydrogen-bond acceptors (Lipinski definition) is 5. The maximum Gasteiger partial charge on any atom is 0.190 e. The van der Waals surface area contributed by atoms with E-state index in [9.17, 15) is 13.9 Å². The Labute approximate surface area is 116 Å². The first-order valence-corrected chi connectivity index (χ1v) is 6.14. The molecule has 1 unspecified atom stereocenters. The molecular formula is C13H19F2NO4. The monoisotopic (exact) mass is 291 g/mol. The van der Waals surface area contributed by atoms with E-state index in [2.05, 4.69) is 0 Å². The molecule has 0 aliphatic carbocycles. The summed E-state index contributed by atoms with van der Waals surface area (Å²) in [5.41, 5.74) is 5.63. The Balaban J connectivity index is 2.45. The molecule has 1 rings (SSSR count). The molecule has 7 heteroatoms. The summed E-state index contributed by atoms with van der Waals surface area (Å²) < 4.78 is 41.9. The van der Waals surface area contributed by atoms with Crippen LogP contribution in [-0.2, 0) is 16.0 Å². The van der Waals surface area contributed by atoms with Gasteiger partial charge in [0.15, 0.2) is 17.4 Å². The topological polar surface area (TPSA) is 73.9 Å². The van der Waals surface area contributed by atoms with Crippen LogP contribution in [0.1, 0.15) is 5.56 Å². The zero-order chi connectivity index (χ0) is 15.0. The van der Waals surface area contributed by atoms with Gasteiger partial charge in [0.2, 0.25) is 0 Å². The van der Waals surface area contributed by atoms with Gasteiger partial charge in [-0.15, -0.1) is 0 Å². The number of aliphatic hydroxyl groups excluding tert-OH is 1. The van der Waals surface area contributed by atoms with Crippen molar-refractivity contribution in [2.45, 2.75) is 12.6 Å². The van der Waals surface area contributed by atoms with Crippen LogP contribution in [0.2, 0.25) is 0 Å². The lowest BCUT2D eigenvalue weighted by atomic mass is 10.2. The van der Waals surface area contributed by atoms with Crippen LogP contribution >= 0.6 is 0 Å². The van der Waals surface area contributed by atoms with Gasteiger partial charge >= 0.3 is 0 Å². The SMILES string of the molecule is COCCOCC(O)COc1c(F)cc(CN)cc1F. The third-order valence-electron chi connectivity index (χ3n) is 2.46. The second-order valence-corrected chi connectivity index (χ2v) is 4.13. The lowest BCUT2D eigenvalue weighted by Crippen LogP contribution is -2.25. The predicted octanol–water partition coefficient (Wildman–Crippen LogP) is 0.826. The number of ether oxygens (including phenoxy) is 3. The Morgan fingerprint density at radius 1 is 1.20 bits per heavy atom. The van der Waals surface area contributed by atoms with Gasteiger partial charge in [-0.1, -0.05) is 0 Å². The summed E-state index contributed by atoms with van der Waals surface area (Å²) in [5, 5.41) is 9.54. The minimum Gasteiger partial charge on any atom is -0.485 e. The maximum absolute atomic E-state index is 13.6. The molecule has 0 fully saturated rings. The molecule has 0 aliphatic heterocycles. The van der Waals surface area contributed by atoms with Crippen molar-refractivity contribution in [3.63, 3.8) is 0 Å². The van der Waals surface area contributed by atoms with E-state index in [1.54, 1.807) is 0 Å². The molecule has 0 saturated carbocycles. The molecule has 0 heterocycles. The van der Waals surface area contributed by atoms with Gasteiger partial charge in [0.1, 0.15) is 12.7 Å². The van der Waals surface area contributed by atoms with Crippen molar-refractivity contribution in [1.29, 1.82) is 0 Å². The molecule has 3 N–H and O–H groups in total. The second-order valence-electron chi connectivity index (χ2n) is 4.13. The molecule has 5 nitrogen and oxygen atoms in total. The standard InChI is InChI=1S/C13H19F2NO4/c1-18-2-3-19-7-10(17)8-20-13-11(14)4-9(6-16)5-12(13)15/h4-5,10,17H,2-3,6-8,16H2,1H3. The number of hydrogen-bond donors (Lipinski definition) is 2. The average molecular weight is 291 g/mol. The zero-order valence-electron chi connectivity index (χ0n) is 11.3. The largest absolute Gasteiger partial charge is 0.485 e. The molecule has 0 aliphatic rings. The lowest BCUT2D eigenvalue weighted by Gasteiger charge is -2.14. The van der Waals surface area contributed by atoms with E-state index >= 15 is 0 Å². The number of methoxy groups -OCH3 is 1. The number of halogens is 2. The van der Waals surface area contributed by atoms with E-state index in [0.717, 1.165) is 12.1 Å². The summed E-state index contributed by atoms with van der Waals surface area (Å²) in [6.45, 7) is 0.471. The average Bonchev–Trinajstić information content (AvgIpc) is 2.42. The molecule has 1 aromatic carbocycles. The normalized spacial score (nSPS) is 12.4. The first kappa shape index (κ1) is 16.8. The van der Waals surface area contributed by atoms with E-state index in [1.165, 1.54) is 7.11 Å². The minimum absolute atomic E-state index is 0.00647. The molecule has 1 aromatic rings. The van der Waals surface area contributed by atoms with Crippen LogP contribution in [0.25, 0.3) is 0 Å². The van der Waals surface area contributed by atoms with Gasteiger partial charge in [-0.3, -0.25) is 0 Å². The summed E-state index contributed by atoms with van der Waals surface area (Å²) in [7, 11) is 1.53. The van der Waals surface area contributed by atoms with Crippen molar-refractivity contribution in [3.05, 3.63) is 29.3 Å². The van der Waals surface area contributed by atoms with E-state index in [-0.39, 0.29) is 19.8 Å². The van der Waals surface area contributed by atoms with Gasteiger partial charge in [-0.25, -0.2) is 8.78 Å². The molecule has 1 atom stereocenters. The quantitative estimate of drug-likeness (QED) is 0.659. The first-order valence-electron chi connectivity index (χ1n) is 6.14. The fraction of sp³-hybridized carbons (Fsp3) is 0.538. The number of nitrogens with two attached hydrogens (primary N) is 1. The van der Waals surface area contributed by atoms with Crippen LogP contribution in [-0.4, -0.2) is 44.7 Å². The minimum atomic E-state index is -0.986. The van der Waals surface area contributed by atoms with Crippen LogP contribution in [0, 0.1) is 11.6 Å². The second kappa shape index (κ2) is 8.80. The van der Waals surface area contributed by atoms with Gasteiger partial charge in [0.05, 0.1) is 19.8 Å². The summed E-state index contributed by atoms with van der Waals surface area (Å²) >= 11 is 0. The van der Waals surface area contributed by atoms with Crippen molar-refractivity contribution >= 4 is 0 Å². The van der Waals surface area contributed by atoms with Crippen molar-refractivity contribution in [2.24, 2.45) is 5.73 Å². The van der Waals surface area contributed by atoms with E-state index < -0.39 is 23.5 Å². The molecular weight excluding hydrogens is 272 g/mol. The van der Waals surface area contributed by atoms with Crippen molar-refractivity contribution in [2.75, 3.05) is 33.5 Å². The molecule has 114 valence electrons. The Morgan fingerprint density at radius 2 is 1.85 bits per heavy atom. The van der Waals surface area contributed by atoms with E-state index in [1.807, 2.05) is 0 Å². The molecule has 0 amide bonds. The fourth-order valence-corrected chi connectivity index (χ4v) is 1.46. The van der Waals surface area contributed by atoms with Crippen LogP contribution < -0.4 is 10.5 Å². The van der Waals surface area contributed by atoms with Gasteiger partial charge in [0, 0.05) is 13.7 Å². The summed E-state index contributed by atoms with van der Waals surface area (Å²) in [4.78, 5) is 0. The fourth-order valence-electron chi connectivity index (χ4n) is 1.46. The van der Waals surface area contributed by atoms with Gasteiger partial charge in [-0.05, 0) is 17.7 Å². The van der Waals surface area contributed by atoms with Crippen molar-refractivity contribution < 1.29 is 28.1 Å². The Kier molecular flexibility index (Phi) is 7.38. The molecule has 0 saturated heterocycles. The Hall–Kier alpha value is -1.28. The molecule has 20 heavy (non-hydrogen) atoms. The third kappa shape index (κ3) is 5.38. The van der Waals surface area contributed by atoms with Crippen LogP contribution in [0.15, 0.2) is 12.1 Å². The third-order valence-corrected chi connectivity index (χ3v) is 2.46. The summed E-state index contributed by atoms with van der Waals surface area (Å²) in [5.74, 6) is -2.23. The Bertz CT molecular complexity index is 394. The first-order chi connectivity index (χ1) is 9.58. The predicted molar refractivity (Wildman–Crippen MR) is 68.4 cm³/mol. The highest BCUT2D eigenvalue weighted by Crippen LogP contribution is 2.23. The van der Waals surface area contributed by atoms with Gasteiger partial charge < -0.3 is 25.1 Å². The van der Waals surface area contributed by atoms with Crippen LogP contribution in [0.3, 0.4) is 0 Å². The molecule has 0 spiro atoms. The van der Waals surface area contributed by atoms with Gasteiger partial charge in [0.25, 0.3) is 0 Å². The summed E-state index contributed by atoms with van der Waals surface area (Å²) in [6, 6.07) is 2.19. The number of aliphatic hydroxyl groups is 1. The maximum atomic E-state index is 13.6. The van der Waals surface area contributed by atoms with Crippen LogP contribution in [0.4, 0.5) is 8.78 Å². The molecule has 0 bridgehead atoms. The van der Waals surface area contributed by atoms with Crippen molar-refractivity contribution in [3.8, 4) is 5.75 Å². The molecule has 0 radical (unpaired) electrons. The van der Waals surface area contributed by atoms with E-state index in [0.29, 0.717) is 18.8 Å². The van der Waals surface area contributed by atoms with E-state index in [4.69, 9.17) is 19.9 Å². The smallest absolute Gasteiger partial charge is 0.190 e. The lowest BCUT2D eigenvalue weighted by molar-refractivity contribution is -0.00523. The number of benzene rings is 1.